The number of nitrogens with one attached hydrogen (secondary N) is 2. The molecule has 2 N–H and O–H groups in total. The number of ether oxygens (including phenoxy) is 2. The van der Waals surface area contributed by atoms with Crippen molar-refractivity contribution in [3.05, 3.63) is 39.8 Å². The lowest BCUT2D eigenvalue weighted by molar-refractivity contribution is 0.295. The Morgan fingerprint density at radius 2 is 1.90 bits per heavy atom. The van der Waals surface area contributed by atoms with Crippen molar-refractivity contribution < 1.29 is 9.47 Å². The molecule has 1 aromatic heterocycles. The topological polar surface area (TPSA) is 71.0 Å². The van der Waals surface area contributed by atoms with Gasteiger partial charge < -0.3 is 25.0 Å². The largest absolute Gasteiger partial charge is 0.493 e. The van der Waals surface area contributed by atoms with Gasteiger partial charge in [-0.3, -0.25) is 0 Å². The second-order valence-corrected chi connectivity index (χ2v) is 8.43. The predicted octanol–water partition coefficient (Wildman–Crippen LogP) is 3.64. The number of thiazole rings is 1. The van der Waals surface area contributed by atoms with Crippen molar-refractivity contribution in [2.75, 3.05) is 41.4 Å². The summed E-state index contributed by atoms with van der Waals surface area (Å²) in [6, 6.07) is 6.18. The SMILES string of the molecule is CCNC(=NCc1nc(C(C)C)cs1)NCC(c1ccc(OC)c(OC)c1)N(C)C. The van der Waals surface area contributed by atoms with Gasteiger partial charge in [0.15, 0.2) is 17.5 Å². The van der Waals surface area contributed by atoms with Crippen LogP contribution in [-0.4, -0.2) is 57.2 Å². The summed E-state index contributed by atoms with van der Waals surface area (Å²) in [5.74, 6) is 2.68. The monoisotopic (exact) mass is 433 g/mol. The molecule has 2 aromatic rings. The number of aliphatic imine (C=N–C) groups is 1. The van der Waals surface area contributed by atoms with E-state index in [0.29, 0.717) is 19.0 Å². The fourth-order valence-corrected chi connectivity index (χ4v) is 3.88. The highest BCUT2D eigenvalue weighted by Crippen LogP contribution is 2.31. The van der Waals surface area contributed by atoms with Crippen LogP contribution in [0.3, 0.4) is 0 Å². The zero-order valence-corrected chi connectivity index (χ0v) is 20.0. The van der Waals surface area contributed by atoms with Gasteiger partial charge in [-0.2, -0.15) is 0 Å². The molecule has 0 amide bonds. The van der Waals surface area contributed by atoms with Crippen molar-refractivity contribution in [1.29, 1.82) is 0 Å². The van der Waals surface area contributed by atoms with Crippen LogP contribution in [-0.2, 0) is 6.54 Å². The Morgan fingerprint density at radius 3 is 2.47 bits per heavy atom. The Hall–Kier alpha value is -2.32. The fourth-order valence-electron chi connectivity index (χ4n) is 3.00. The highest BCUT2D eigenvalue weighted by atomic mass is 32.1. The van der Waals surface area contributed by atoms with Crippen LogP contribution < -0.4 is 20.1 Å². The number of likely N-dealkylation sites (N-methyl/N-ethyl adjacent to an activating group) is 1. The zero-order chi connectivity index (χ0) is 22.1. The first-order chi connectivity index (χ1) is 14.4. The molecule has 0 aliphatic rings. The van der Waals surface area contributed by atoms with Crippen molar-refractivity contribution in [2.45, 2.75) is 39.3 Å². The molecule has 0 fully saturated rings. The fraction of sp³-hybridized carbons (Fsp3) is 0.545. The molecule has 8 heteroatoms. The van der Waals surface area contributed by atoms with Gasteiger partial charge in [0.05, 0.1) is 32.5 Å². The maximum Gasteiger partial charge on any atom is 0.191 e. The number of benzene rings is 1. The summed E-state index contributed by atoms with van der Waals surface area (Å²) in [4.78, 5) is 11.6. The molecule has 0 saturated carbocycles. The van der Waals surface area contributed by atoms with E-state index in [1.807, 2.05) is 12.1 Å². The highest BCUT2D eigenvalue weighted by Gasteiger charge is 2.17. The van der Waals surface area contributed by atoms with Gasteiger partial charge in [-0.25, -0.2) is 9.98 Å². The number of guanidine groups is 1. The second-order valence-electron chi connectivity index (χ2n) is 7.49. The molecule has 30 heavy (non-hydrogen) atoms. The van der Waals surface area contributed by atoms with Gasteiger partial charge in [0.25, 0.3) is 0 Å². The number of aromatic nitrogens is 1. The normalized spacial score (nSPS) is 12.9. The third-order valence-corrected chi connectivity index (χ3v) is 5.61. The van der Waals surface area contributed by atoms with Crippen molar-refractivity contribution in [3.8, 4) is 11.5 Å². The van der Waals surface area contributed by atoms with Crippen molar-refractivity contribution >= 4 is 17.3 Å². The Labute approximate surface area is 184 Å². The summed E-state index contributed by atoms with van der Waals surface area (Å²) in [5.41, 5.74) is 2.27. The molecule has 0 aliphatic carbocycles. The molecule has 0 aliphatic heterocycles. The molecule has 1 unspecified atom stereocenters. The van der Waals surface area contributed by atoms with E-state index in [1.54, 1.807) is 25.6 Å². The molecular weight excluding hydrogens is 398 g/mol. The predicted molar refractivity (Wildman–Crippen MR) is 125 cm³/mol. The van der Waals surface area contributed by atoms with Crippen LogP contribution in [0.5, 0.6) is 11.5 Å². The number of methoxy groups -OCH3 is 2. The van der Waals surface area contributed by atoms with Crippen LogP contribution in [0.2, 0.25) is 0 Å². The van der Waals surface area contributed by atoms with E-state index in [2.05, 4.69) is 66.8 Å². The minimum atomic E-state index is 0.140. The van der Waals surface area contributed by atoms with Gasteiger partial charge in [0.2, 0.25) is 0 Å². The number of nitrogens with zero attached hydrogens (tertiary/aromatic N) is 3. The van der Waals surface area contributed by atoms with Gasteiger partial charge in [-0.1, -0.05) is 19.9 Å². The van der Waals surface area contributed by atoms with E-state index >= 15 is 0 Å². The lowest BCUT2D eigenvalue weighted by Crippen LogP contribution is -2.41. The van der Waals surface area contributed by atoms with Crippen molar-refractivity contribution in [1.82, 2.24) is 20.5 Å². The average Bonchev–Trinajstić information content (AvgIpc) is 3.21. The Balaban J connectivity index is 2.11. The second kappa shape index (κ2) is 11.8. The van der Waals surface area contributed by atoms with Crippen LogP contribution in [0.25, 0.3) is 0 Å². The zero-order valence-electron chi connectivity index (χ0n) is 19.2. The lowest BCUT2D eigenvalue weighted by atomic mass is 10.1. The summed E-state index contributed by atoms with van der Waals surface area (Å²) in [5, 5.41) is 9.94. The first kappa shape index (κ1) is 24.0. The van der Waals surface area contributed by atoms with Gasteiger partial charge >= 0.3 is 0 Å². The van der Waals surface area contributed by atoms with E-state index in [4.69, 9.17) is 14.5 Å². The number of rotatable bonds is 10. The van der Waals surface area contributed by atoms with Crippen LogP contribution in [0.15, 0.2) is 28.6 Å². The summed E-state index contributed by atoms with van der Waals surface area (Å²) < 4.78 is 10.8. The van der Waals surface area contributed by atoms with Crippen molar-refractivity contribution in [2.24, 2.45) is 4.99 Å². The first-order valence-electron chi connectivity index (χ1n) is 10.2. The van der Waals surface area contributed by atoms with E-state index < -0.39 is 0 Å². The third kappa shape index (κ3) is 6.60. The quantitative estimate of drug-likeness (QED) is 0.440. The molecule has 0 saturated heterocycles. The number of hydrogen-bond donors (Lipinski definition) is 2. The Kier molecular flexibility index (Phi) is 9.39. The van der Waals surface area contributed by atoms with E-state index in [-0.39, 0.29) is 6.04 Å². The summed E-state index contributed by atoms with van der Waals surface area (Å²) >= 11 is 1.66. The summed E-state index contributed by atoms with van der Waals surface area (Å²) in [6.45, 7) is 8.44. The Bertz CT molecular complexity index is 820. The molecule has 0 bridgehead atoms. The maximum atomic E-state index is 5.47. The molecule has 1 aromatic carbocycles. The highest BCUT2D eigenvalue weighted by molar-refractivity contribution is 7.09. The molecule has 0 radical (unpaired) electrons. The van der Waals surface area contributed by atoms with Gasteiger partial charge in [-0.15, -0.1) is 11.3 Å². The molecule has 7 nitrogen and oxygen atoms in total. The van der Waals surface area contributed by atoms with Crippen molar-refractivity contribution in [3.63, 3.8) is 0 Å². The number of hydrogen-bond acceptors (Lipinski definition) is 6. The molecule has 1 atom stereocenters. The average molecular weight is 434 g/mol. The van der Waals surface area contributed by atoms with Gasteiger partial charge in [0, 0.05) is 18.5 Å². The minimum absolute atomic E-state index is 0.140. The van der Waals surface area contributed by atoms with Crippen LogP contribution in [0, 0.1) is 0 Å². The van der Waals surface area contributed by atoms with Crippen LogP contribution in [0.4, 0.5) is 0 Å². The van der Waals surface area contributed by atoms with E-state index in [1.165, 1.54) is 0 Å². The van der Waals surface area contributed by atoms with E-state index in [9.17, 15) is 0 Å². The Morgan fingerprint density at radius 1 is 1.17 bits per heavy atom. The molecule has 166 valence electrons. The third-order valence-electron chi connectivity index (χ3n) is 4.76. The van der Waals surface area contributed by atoms with Gasteiger partial charge in [-0.05, 0) is 44.6 Å². The van der Waals surface area contributed by atoms with E-state index in [0.717, 1.165) is 40.3 Å². The lowest BCUT2D eigenvalue weighted by Gasteiger charge is -2.26. The van der Waals surface area contributed by atoms with Crippen LogP contribution in [0.1, 0.15) is 49.0 Å². The molecule has 0 spiro atoms. The maximum absolute atomic E-state index is 5.47. The minimum Gasteiger partial charge on any atom is -0.493 e. The first-order valence-corrected chi connectivity index (χ1v) is 11.1. The smallest absolute Gasteiger partial charge is 0.191 e. The summed E-state index contributed by atoms with van der Waals surface area (Å²) in [7, 11) is 7.43. The summed E-state index contributed by atoms with van der Waals surface area (Å²) in [6.07, 6.45) is 0. The standard InChI is InChI=1S/C22H35N5O2S/c1-8-23-22(25-13-21-26-17(14-30-21)15(2)3)24-12-18(27(4)5)16-9-10-19(28-6)20(11-16)29-7/h9-11,14-15,18H,8,12-13H2,1-7H3,(H2,23,24,25). The molecule has 1 heterocycles. The van der Waals surface area contributed by atoms with Gasteiger partial charge in [0.1, 0.15) is 5.01 Å². The van der Waals surface area contributed by atoms with Crippen LogP contribution >= 0.6 is 11.3 Å². The molecule has 2 rings (SSSR count). The molecular formula is C22H35N5O2S.